The van der Waals surface area contributed by atoms with Crippen LogP contribution in [0.3, 0.4) is 0 Å². The van der Waals surface area contributed by atoms with Crippen LogP contribution in [0.4, 0.5) is 5.82 Å². The number of unbranched alkanes of at least 4 members (excludes halogenated alkanes) is 1. The third kappa shape index (κ3) is 15.9. The van der Waals surface area contributed by atoms with E-state index in [1.54, 1.807) is 0 Å². The molecule has 3 aliphatic rings. The van der Waals surface area contributed by atoms with E-state index in [4.69, 9.17) is 15.2 Å². The number of amides is 2. The van der Waals surface area contributed by atoms with Crippen molar-refractivity contribution in [2.75, 3.05) is 32.0 Å². The molecule has 2 aliphatic carbocycles. The summed E-state index contributed by atoms with van der Waals surface area (Å²) in [6, 6.07) is 8.47. The van der Waals surface area contributed by atoms with E-state index in [1.807, 2.05) is 0 Å². The molecule has 394 valence electrons. The average molecular weight is 1060 g/mol. The van der Waals surface area contributed by atoms with Crippen LogP contribution in [0.1, 0.15) is 102 Å². The van der Waals surface area contributed by atoms with Gasteiger partial charge in [0, 0.05) is 36.8 Å². The molecular formula is C42H58N7O19P3-4. The summed E-state index contributed by atoms with van der Waals surface area (Å²) in [6.45, 7) is 0.524. The highest BCUT2D eigenvalue weighted by molar-refractivity contribution is 7.59. The Balaban J connectivity index is 0.859. The van der Waals surface area contributed by atoms with E-state index in [0.717, 1.165) is 87.9 Å². The van der Waals surface area contributed by atoms with E-state index in [0.29, 0.717) is 6.47 Å². The lowest BCUT2D eigenvalue weighted by atomic mass is 9.87. The topological polar surface area (TPSA) is 401 Å². The number of benzene rings is 1. The van der Waals surface area contributed by atoms with Crippen LogP contribution < -0.4 is 35.9 Å². The number of rotatable bonds is 31. The van der Waals surface area contributed by atoms with Crippen LogP contribution in [0.5, 0.6) is 0 Å². The van der Waals surface area contributed by atoms with Gasteiger partial charge >= 0.3 is 0 Å². The first-order chi connectivity index (χ1) is 33.4. The predicted molar refractivity (Wildman–Crippen MR) is 238 cm³/mol. The average Bonchev–Trinajstić information content (AvgIpc) is 4.19. The number of nitrogens with zero attached hydrogens (tertiary/aromatic N) is 4. The number of hydrogen-bond donors (Lipinski definition) is 5. The number of anilines is 1. The molecule has 0 bridgehead atoms. The maximum Gasteiger partial charge on any atom is 0.293 e. The van der Waals surface area contributed by atoms with Crippen molar-refractivity contribution < 1.29 is 90.0 Å². The molecule has 0 spiro atoms. The van der Waals surface area contributed by atoms with Crippen LogP contribution >= 0.6 is 23.5 Å². The van der Waals surface area contributed by atoms with E-state index < -0.39 is 84.6 Å². The van der Waals surface area contributed by atoms with E-state index in [9.17, 15) is 62.7 Å². The summed E-state index contributed by atoms with van der Waals surface area (Å²) in [5.74, 6) is -1.49. The second-order valence-corrected chi connectivity index (χ2v) is 22.8. The molecule has 1 aromatic carbocycles. The number of aliphatic hydroxyl groups is 2. The highest BCUT2D eigenvalue weighted by atomic mass is 31.3. The van der Waals surface area contributed by atoms with Crippen molar-refractivity contribution in [2.45, 2.75) is 134 Å². The number of ether oxygens (including phenoxy) is 2. The van der Waals surface area contributed by atoms with Gasteiger partial charge in [0.05, 0.1) is 27.4 Å². The van der Waals surface area contributed by atoms with Crippen molar-refractivity contribution in [2.24, 2.45) is 10.8 Å². The normalized spacial score (nSPS) is 22.5. The molecule has 2 amide bonds. The fraction of sp³-hybridized carbons (Fsp3) is 0.643. The predicted octanol–water partition coefficient (Wildman–Crippen LogP) is 0.0576. The van der Waals surface area contributed by atoms with Crippen molar-refractivity contribution in [1.82, 2.24) is 30.2 Å². The number of fused-ring (bicyclic) bond motifs is 1. The number of ketones is 1. The van der Waals surface area contributed by atoms with Gasteiger partial charge in [-0.25, -0.2) is 19.3 Å². The number of phosphoric ester groups is 3. The first kappa shape index (κ1) is 56.2. The van der Waals surface area contributed by atoms with Crippen molar-refractivity contribution >= 4 is 64.5 Å². The van der Waals surface area contributed by atoms with E-state index in [1.165, 1.54) is 25.0 Å². The Morgan fingerprint density at radius 1 is 0.958 bits per heavy atom. The molecule has 2 aromatic heterocycles. The Kier molecular flexibility index (Phi) is 18.5. The minimum atomic E-state index is -5.94. The number of aromatic nitrogens is 4. The summed E-state index contributed by atoms with van der Waals surface area (Å²) >= 11 is 0. The van der Waals surface area contributed by atoms with Gasteiger partial charge in [-0.3, -0.25) is 32.9 Å². The van der Waals surface area contributed by atoms with Crippen molar-refractivity contribution in [1.29, 1.82) is 0 Å². The maximum absolute atomic E-state index is 13.1. The summed E-state index contributed by atoms with van der Waals surface area (Å²) in [4.78, 5) is 109. The highest BCUT2D eigenvalue weighted by Crippen LogP contribution is 2.57. The van der Waals surface area contributed by atoms with Gasteiger partial charge in [-0.05, 0) is 75.3 Å². The third-order valence-electron chi connectivity index (χ3n) is 12.7. The number of nitrogens with one attached hydrogen (secondary N) is 2. The number of hydrogen-bond acceptors (Lipinski definition) is 23. The summed E-state index contributed by atoms with van der Waals surface area (Å²) < 4.78 is 66.2. The molecule has 1 saturated heterocycles. The number of nitrogens with two attached hydrogens (primary N) is 1. The SMILES string of the molecule is CC(C)(COP(=O)([O-])OP(=O)([O-])OCC1OC(n2cnc3c(N)ncnc32)C(O)C1OP(=O)([O-])[O-])C(O)C(=O)NCCC(=O)NCCC(=O)C1(CCCCc2cccc(CCCC3(OC=O)CC3)c2)CC1. The molecule has 6 rings (SSSR count). The summed E-state index contributed by atoms with van der Waals surface area (Å²) in [6.07, 6.45) is 2.14. The number of imidazole rings is 1. The van der Waals surface area contributed by atoms with Crippen LogP contribution in [0, 0.1) is 10.8 Å². The minimum Gasteiger partial charge on any atom is -0.790 e. The minimum absolute atomic E-state index is 0.0243. The fourth-order valence-corrected chi connectivity index (χ4v) is 11.1. The molecule has 0 radical (unpaired) electrons. The molecule has 29 heteroatoms. The quantitative estimate of drug-likeness (QED) is 0.0323. The van der Waals surface area contributed by atoms with Crippen LogP contribution in [0.15, 0.2) is 36.9 Å². The standard InChI is InChI=1S/C42H62N7O19P3/c1-40(2,23-65-71(61,62)68-70(59,60)64-22-29-34(67-69(56,57)58)33(53)39(66-29)49-25-48-32-36(43)46-24-47-37(32)49)35(54)38(55)45-20-12-31(52)44-19-11-30(51)41(15-16-41)13-4-3-7-27-8-5-9-28(21-27)10-6-14-42(17-18-42)63-26-50/h5,8-9,21,24-26,29,33-35,39,53-54H,3-4,6-7,10-20,22-23H2,1-2H3,(H,44,52)(H,45,55)(H,59,60)(H,61,62)(H2,43,46,47)(H2,56,57,58)/p-4. The molecule has 3 fully saturated rings. The number of carbonyl (C=O) groups is 4. The lowest BCUT2D eigenvalue weighted by Crippen LogP contribution is -2.46. The monoisotopic (exact) mass is 1060 g/mol. The Morgan fingerprint density at radius 2 is 1.63 bits per heavy atom. The number of nitrogen functional groups attached to an aromatic ring is 1. The fourth-order valence-electron chi connectivity index (χ4n) is 8.33. The zero-order chi connectivity index (χ0) is 51.8. The largest absolute Gasteiger partial charge is 0.790 e. The molecule has 2 saturated carbocycles. The lowest BCUT2D eigenvalue weighted by Gasteiger charge is -2.36. The van der Waals surface area contributed by atoms with Crippen molar-refractivity contribution in [3.63, 3.8) is 0 Å². The Labute approximate surface area is 408 Å². The number of aryl methyl sites for hydroxylation is 2. The van der Waals surface area contributed by atoms with Gasteiger partial charge < -0.3 is 73.8 Å². The molecule has 7 atom stereocenters. The molecule has 71 heavy (non-hydrogen) atoms. The van der Waals surface area contributed by atoms with Gasteiger partial charge in [-0.15, -0.1) is 0 Å². The molecule has 26 nitrogen and oxygen atoms in total. The molecule has 7 unspecified atom stereocenters. The second kappa shape index (κ2) is 23.4. The number of aliphatic hydroxyl groups excluding tert-OH is 2. The Bertz CT molecular complexity index is 2520. The van der Waals surface area contributed by atoms with Crippen LogP contribution in [-0.2, 0) is 73.1 Å². The number of carbonyl (C=O) groups excluding carboxylic acids is 4. The Hall–Kier alpha value is -4.10. The zero-order valence-electron chi connectivity index (χ0n) is 39.0. The molecule has 3 heterocycles. The highest BCUT2D eigenvalue weighted by Gasteiger charge is 2.49. The third-order valence-corrected chi connectivity index (χ3v) is 15.8. The molecule has 3 aromatic rings. The summed E-state index contributed by atoms with van der Waals surface area (Å²) in [5.41, 5.74) is 5.93. The smallest absolute Gasteiger partial charge is 0.293 e. The van der Waals surface area contributed by atoms with E-state index >= 15 is 0 Å². The molecule has 6 N–H and O–H groups in total. The maximum atomic E-state index is 13.1. The zero-order valence-corrected chi connectivity index (χ0v) is 41.7. The van der Waals surface area contributed by atoms with Gasteiger partial charge in [-0.1, -0.05) is 44.5 Å². The lowest BCUT2D eigenvalue weighted by molar-refractivity contribution is -0.347. The Morgan fingerprint density at radius 3 is 2.30 bits per heavy atom. The summed E-state index contributed by atoms with van der Waals surface area (Å²) in [5, 5.41) is 26.5. The molecule has 1 aliphatic heterocycles. The van der Waals surface area contributed by atoms with Crippen molar-refractivity contribution in [3.05, 3.63) is 48.0 Å². The van der Waals surface area contributed by atoms with Gasteiger partial charge in [0.1, 0.15) is 47.6 Å². The first-order valence-corrected chi connectivity index (χ1v) is 27.3. The van der Waals surface area contributed by atoms with Gasteiger partial charge in [-0.2, -0.15) is 0 Å². The van der Waals surface area contributed by atoms with E-state index in [-0.39, 0.29) is 59.7 Å². The summed E-state index contributed by atoms with van der Waals surface area (Å²) in [7, 11) is -17.7. The first-order valence-electron chi connectivity index (χ1n) is 22.9. The molecular weight excluding hydrogens is 999 g/mol. The van der Waals surface area contributed by atoms with Crippen LogP contribution in [-0.4, -0.2) is 110 Å². The second-order valence-electron chi connectivity index (χ2n) is 18.7. The van der Waals surface area contributed by atoms with Gasteiger partial charge in [0.25, 0.3) is 22.1 Å². The van der Waals surface area contributed by atoms with Crippen LogP contribution in [0.2, 0.25) is 0 Å². The van der Waals surface area contributed by atoms with Crippen molar-refractivity contribution in [3.8, 4) is 0 Å². The van der Waals surface area contributed by atoms with E-state index in [2.05, 4.69) is 67.7 Å². The van der Waals surface area contributed by atoms with Crippen LogP contribution in [0.25, 0.3) is 11.2 Å². The van der Waals surface area contributed by atoms with Gasteiger partial charge in [0.15, 0.2) is 17.7 Å². The number of phosphoric acid groups is 3. The van der Waals surface area contributed by atoms with Gasteiger partial charge in [0.2, 0.25) is 11.8 Å². The number of Topliss-reactive ketones (excluding diaryl/α,β-unsaturated/α-hetero) is 1.